The maximum absolute atomic E-state index is 11.6. The van der Waals surface area contributed by atoms with Gasteiger partial charge in [0.05, 0.1) is 6.20 Å². The Morgan fingerprint density at radius 3 is 2.94 bits per heavy atom. The minimum atomic E-state index is -0.533. The number of hydrogen-bond donors (Lipinski definition) is 1. The summed E-state index contributed by atoms with van der Waals surface area (Å²) < 4.78 is 5.43. The Labute approximate surface area is 106 Å². The Morgan fingerprint density at radius 1 is 1.59 bits per heavy atom. The minimum Gasteiger partial charge on any atom is -0.479 e. The maximum atomic E-state index is 11.6. The van der Waals surface area contributed by atoms with E-state index in [1.807, 2.05) is 0 Å². The number of ether oxygens (including phenoxy) is 1. The largest absolute Gasteiger partial charge is 0.479 e. The van der Waals surface area contributed by atoms with Crippen molar-refractivity contribution in [3.05, 3.63) is 23.5 Å². The molecule has 0 aliphatic heterocycles. The average Bonchev–Trinajstić information content (AvgIpc) is 2.32. The number of nitrogens with one attached hydrogen (secondary N) is 1. The lowest BCUT2D eigenvalue weighted by atomic mass is 10.3. The molecular weight excluding hydrogens is 240 g/mol. The molecule has 5 heteroatoms. The number of nitrogens with zero attached hydrogens (tertiary/aromatic N) is 1. The summed E-state index contributed by atoms with van der Waals surface area (Å²) in [5.74, 6) is 0.418. The molecule has 1 amide bonds. The molecule has 4 nitrogen and oxygen atoms in total. The van der Waals surface area contributed by atoms with Crippen LogP contribution in [0, 0.1) is 0 Å². The topological polar surface area (TPSA) is 51.2 Å². The van der Waals surface area contributed by atoms with Crippen LogP contribution in [0.2, 0.25) is 5.15 Å². The van der Waals surface area contributed by atoms with Crippen molar-refractivity contribution in [2.45, 2.75) is 32.8 Å². The zero-order valence-corrected chi connectivity index (χ0v) is 10.8. The molecule has 94 valence electrons. The molecule has 0 bridgehead atoms. The van der Waals surface area contributed by atoms with E-state index in [9.17, 15) is 4.79 Å². The number of aromatic nitrogens is 1. The Morgan fingerprint density at radius 2 is 2.35 bits per heavy atom. The fourth-order valence-electron chi connectivity index (χ4n) is 1.22. The molecule has 0 spiro atoms. The highest BCUT2D eigenvalue weighted by atomic mass is 35.5. The van der Waals surface area contributed by atoms with Crippen LogP contribution in [-0.2, 0) is 4.79 Å². The van der Waals surface area contributed by atoms with Crippen molar-refractivity contribution in [1.29, 1.82) is 0 Å². The van der Waals surface area contributed by atoms with E-state index in [-0.39, 0.29) is 5.91 Å². The van der Waals surface area contributed by atoms with Gasteiger partial charge in [-0.3, -0.25) is 4.79 Å². The summed E-state index contributed by atoms with van der Waals surface area (Å²) >= 11 is 5.65. The lowest BCUT2D eigenvalue weighted by molar-refractivity contribution is -0.127. The van der Waals surface area contributed by atoms with Crippen molar-refractivity contribution in [2.24, 2.45) is 0 Å². The zero-order valence-electron chi connectivity index (χ0n) is 10.1. The van der Waals surface area contributed by atoms with Crippen molar-refractivity contribution in [2.75, 3.05) is 6.54 Å². The van der Waals surface area contributed by atoms with Crippen molar-refractivity contribution < 1.29 is 9.53 Å². The van der Waals surface area contributed by atoms with E-state index in [1.54, 1.807) is 19.1 Å². The Hall–Kier alpha value is -1.29. The third-order valence-electron chi connectivity index (χ3n) is 2.21. The van der Waals surface area contributed by atoms with Crippen LogP contribution < -0.4 is 10.1 Å². The first-order chi connectivity index (χ1) is 8.13. The van der Waals surface area contributed by atoms with Gasteiger partial charge >= 0.3 is 0 Å². The van der Waals surface area contributed by atoms with Crippen LogP contribution >= 0.6 is 11.6 Å². The van der Waals surface area contributed by atoms with Gasteiger partial charge in [0, 0.05) is 6.54 Å². The van der Waals surface area contributed by atoms with Crippen molar-refractivity contribution in [3.8, 4) is 5.75 Å². The first-order valence-electron chi connectivity index (χ1n) is 5.69. The predicted octanol–water partition coefficient (Wildman–Crippen LogP) is 2.42. The summed E-state index contributed by atoms with van der Waals surface area (Å²) in [6.45, 7) is 4.46. The number of pyridine rings is 1. The van der Waals surface area contributed by atoms with Gasteiger partial charge in [0.1, 0.15) is 10.9 Å². The highest BCUT2D eigenvalue weighted by Crippen LogP contribution is 2.13. The third kappa shape index (κ3) is 5.04. The molecule has 1 atom stereocenters. The Balaban J connectivity index is 2.40. The molecule has 0 aromatic carbocycles. The van der Waals surface area contributed by atoms with Crippen LogP contribution in [0.4, 0.5) is 0 Å². The first-order valence-corrected chi connectivity index (χ1v) is 6.07. The van der Waals surface area contributed by atoms with Gasteiger partial charge in [-0.2, -0.15) is 0 Å². The second-order valence-corrected chi connectivity index (χ2v) is 4.11. The number of hydrogen-bond acceptors (Lipinski definition) is 3. The zero-order chi connectivity index (χ0) is 12.7. The third-order valence-corrected chi connectivity index (χ3v) is 2.44. The van der Waals surface area contributed by atoms with Crippen LogP contribution in [-0.4, -0.2) is 23.5 Å². The highest BCUT2D eigenvalue weighted by molar-refractivity contribution is 6.29. The molecule has 0 aliphatic carbocycles. The van der Waals surface area contributed by atoms with Crippen LogP contribution in [0.5, 0.6) is 5.75 Å². The Kier molecular flexibility index (Phi) is 5.77. The van der Waals surface area contributed by atoms with E-state index in [0.717, 1.165) is 12.8 Å². The Bertz CT molecular complexity index is 354. The molecule has 0 saturated heterocycles. The molecule has 0 aliphatic rings. The van der Waals surface area contributed by atoms with Crippen molar-refractivity contribution in [3.63, 3.8) is 0 Å². The smallest absolute Gasteiger partial charge is 0.260 e. The molecule has 0 fully saturated rings. The number of amides is 1. The van der Waals surface area contributed by atoms with E-state index < -0.39 is 6.10 Å². The molecule has 1 unspecified atom stereocenters. The number of halogens is 1. The van der Waals surface area contributed by atoms with Gasteiger partial charge in [0.25, 0.3) is 5.91 Å². The van der Waals surface area contributed by atoms with Crippen LogP contribution in [0.3, 0.4) is 0 Å². The van der Waals surface area contributed by atoms with E-state index in [0.29, 0.717) is 17.4 Å². The second kappa shape index (κ2) is 7.12. The molecular formula is C12H17ClN2O2. The normalized spacial score (nSPS) is 11.9. The summed E-state index contributed by atoms with van der Waals surface area (Å²) in [7, 11) is 0. The number of unbranched alkanes of at least 4 members (excludes halogenated alkanes) is 1. The number of rotatable bonds is 6. The van der Waals surface area contributed by atoms with Gasteiger partial charge < -0.3 is 10.1 Å². The number of carbonyl (C=O) groups is 1. The second-order valence-electron chi connectivity index (χ2n) is 3.72. The van der Waals surface area contributed by atoms with Gasteiger partial charge in [-0.1, -0.05) is 24.9 Å². The SMILES string of the molecule is CCCCNC(=O)C(C)Oc1ccc(Cl)nc1. The van der Waals surface area contributed by atoms with Gasteiger partial charge in [0.2, 0.25) is 0 Å². The fraction of sp³-hybridized carbons (Fsp3) is 0.500. The lowest BCUT2D eigenvalue weighted by Crippen LogP contribution is -2.36. The monoisotopic (exact) mass is 256 g/mol. The van der Waals surface area contributed by atoms with Gasteiger partial charge in [-0.25, -0.2) is 4.98 Å². The molecule has 0 radical (unpaired) electrons. The van der Waals surface area contributed by atoms with E-state index in [1.165, 1.54) is 6.20 Å². The molecule has 1 aromatic heterocycles. The highest BCUT2D eigenvalue weighted by Gasteiger charge is 2.13. The van der Waals surface area contributed by atoms with E-state index in [4.69, 9.17) is 16.3 Å². The molecule has 17 heavy (non-hydrogen) atoms. The quantitative estimate of drug-likeness (QED) is 0.628. The van der Waals surface area contributed by atoms with Crippen LogP contribution in [0.15, 0.2) is 18.3 Å². The molecule has 1 rings (SSSR count). The van der Waals surface area contributed by atoms with Gasteiger partial charge in [-0.15, -0.1) is 0 Å². The fourth-order valence-corrected chi connectivity index (χ4v) is 1.33. The van der Waals surface area contributed by atoms with Crippen LogP contribution in [0.1, 0.15) is 26.7 Å². The maximum Gasteiger partial charge on any atom is 0.260 e. The summed E-state index contributed by atoms with van der Waals surface area (Å²) in [4.78, 5) is 15.5. The van der Waals surface area contributed by atoms with Crippen molar-refractivity contribution in [1.82, 2.24) is 10.3 Å². The molecule has 1 heterocycles. The van der Waals surface area contributed by atoms with E-state index >= 15 is 0 Å². The first kappa shape index (κ1) is 13.8. The average molecular weight is 257 g/mol. The van der Waals surface area contributed by atoms with Crippen LogP contribution in [0.25, 0.3) is 0 Å². The molecule has 0 saturated carbocycles. The number of carbonyl (C=O) groups excluding carboxylic acids is 1. The predicted molar refractivity (Wildman–Crippen MR) is 67.3 cm³/mol. The summed E-state index contributed by atoms with van der Waals surface area (Å²) in [6.07, 6.45) is 2.99. The molecule has 1 aromatic rings. The summed E-state index contributed by atoms with van der Waals surface area (Å²) in [5.41, 5.74) is 0. The van der Waals surface area contributed by atoms with Crippen molar-refractivity contribution >= 4 is 17.5 Å². The van der Waals surface area contributed by atoms with Gasteiger partial charge in [0.15, 0.2) is 6.10 Å². The van der Waals surface area contributed by atoms with E-state index in [2.05, 4.69) is 17.2 Å². The standard InChI is InChI=1S/C12H17ClN2O2/c1-3-4-7-14-12(16)9(2)17-10-5-6-11(13)15-8-10/h5-6,8-9H,3-4,7H2,1-2H3,(H,14,16). The summed E-state index contributed by atoms with van der Waals surface area (Å²) in [5, 5.41) is 3.20. The molecule has 1 N–H and O–H groups in total. The van der Waals surface area contributed by atoms with Gasteiger partial charge in [-0.05, 0) is 25.5 Å². The summed E-state index contributed by atoms with van der Waals surface area (Å²) in [6, 6.07) is 3.31. The lowest BCUT2D eigenvalue weighted by Gasteiger charge is -2.14. The minimum absolute atomic E-state index is 0.117.